The van der Waals surface area contributed by atoms with Gasteiger partial charge in [-0.25, -0.2) is 9.08 Å². The molecule has 0 fully saturated rings. The molecule has 3 aromatic heterocycles. The first-order valence-electron chi connectivity index (χ1n) is 10.1. The highest BCUT2D eigenvalue weighted by molar-refractivity contribution is 6.23. The van der Waals surface area contributed by atoms with Crippen molar-refractivity contribution in [1.29, 1.82) is 0 Å². The number of hydrogen-bond donors (Lipinski definition) is 0. The van der Waals surface area contributed by atoms with Gasteiger partial charge in [0.2, 0.25) is 5.52 Å². The van der Waals surface area contributed by atoms with Gasteiger partial charge in [0.25, 0.3) is 0 Å². The third-order valence-corrected chi connectivity index (χ3v) is 6.45. The van der Waals surface area contributed by atoms with E-state index < -0.39 is 0 Å². The van der Waals surface area contributed by atoms with Crippen LogP contribution in [0.5, 0.6) is 0 Å². The smallest absolute Gasteiger partial charge is 0.224 e. The maximum Gasteiger partial charge on any atom is 0.224 e. The van der Waals surface area contributed by atoms with Gasteiger partial charge in [-0.1, -0.05) is 42.5 Å². The molecule has 0 aliphatic heterocycles. The third-order valence-electron chi connectivity index (χ3n) is 6.45. The maximum atomic E-state index is 5.18. The minimum Gasteiger partial charge on any atom is -0.230 e. The molecule has 3 heteroatoms. The Balaban J connectivity index is 2.00. The highest BCUT2D eigenvalue weighted by atomic mass is 15.2. The first-order chi connectivity index (χ1) is 14.1. The molecule has 3 aromatic carbocycles. The van der Waals surface area contributed by atoms with Crippen molar-refractivity contribution in [2.45, 2.75) is 20.8 Å². The van der Waals surface area contributed by atoms with Gasteiger partial charge in [0.05, 0.1) is 21.8 Å². The molecule has 0 N–H and O–H groups in total. The van der Waals surface area contributed by atoms with Crippen molar-refractivity contribution in [1.82, 2.24) is 9.61 Å². The van der Waals surface area contributed by atoms with E-state index in [1.54, 1.807) is 0 Å². The molecule has 0 unspecified atom stereocenters. The molecule has 0 saturated carbocycles. The fourth-order valence-corrected chi connectivity index (χ4v) is 4.96. The van der Waals surface area contributed by atoms with E-state index >= 15 is 0 Å². The van der Waals surface area contributed by atoms with E-state index in [-0.39, 0.29) is 0 Å². The molecular weight excluding hydrogens is 354 g/mol. The molecule has 6 rings (SSSR count). The average Bonchev–Trinajstić information content (AvgIpc) is 3.12. The Kier molecular flexibility index (Phi) is 3.15. The maximum absolute atomic E-state index is 5.18. The van der Waals surface area contributed by atoms with E-state index in [0.29, 0.717) is 0 Å². The second kappa shape index (κ2) is 5.54. The summed E-state index contributed by atoms with van der Waals surface area (Å²) in [6.45, 7) is 6.64. The van der Waals surface area contributed by atoms with Crippen LogP contribution in [0.4, 0.5) is 0 Å². The van der Waals surface area contributed by atoms with Crippen LogP contribution in [-0.2, 0) is 7.05 Å². The van der Waals surface area contributed by atoms with Gasteiger partial charge >= 0.3 is 0 Å². The van der Waals surface area contributed by atoms with Gasteiger partial charge in [-0.15, -0.1) is 0 Å². The summed E-state index contributed by atoms with van der Waals surface area (Å²) in [7, 11) is 2.15. The van der Waals surface area contributed by atoms with Crippen LogP contribution in [0, 0.1) is 20.8 Å². The second-order valence-electron chi connectivity index (χ2n) is 8.19. The number of fused-ring (bicyclic) bond motifs is 3. The van der Waals surface area contributed by atoms with Crippen LogP contribution in [-0.4, -0.2) is 9.61 Å². The topological polar surface area (TPSA) is 21.2 Å². The van der Waals surface area contributed by atoms with Crippen LogP contribution in [0.3, 0.4) is 0 Å². The Bertz CT molecular complexity index is 1570. The monoisotopic (exact) mass is 376 g/mol. The molecule has 0 amide bonds. The van der Waals surface area contributed by atoms with Crippen molar-refractivity contribution in [3.05, 3.63) is 77.5 Å². The van der Waals surface area contributed by atoms with E-state index in [1.165, 1.54) is 54.8 Å². The molecule has 3 nitrogen and oxygen atoms in total. The van der Waals surface area contributed by atoms with Crippen molar-refractivity contribution in [3.63, 3.8) is 0 Å². The van der Waals surface area contributed by atoms with Crippen LogP contribution in [0.2, 0.25) is 0 Å². The van der Waals surface area contributed by atoms with Crippen LogP contribution in [0.25, 0.3) is 49.4 Å². The minimum absolute atomic E-state index is 1.05. The summed E-state index contributed by atoms with van der Waals surface area (Å²) < 4.78 is 4.47. The fraction of sp³-hybridized carbons (Fsp3) is 0.154. The number of nitrogens with zero attached hydrogens (tertiary/aromatic N) is 3. The van der Waals surface area contributed by atoms with Gasteiger partial charge in [0.1, 0.15) is 12.7 Å². The van der Waals surface area contributed by atoms with E-state index in [1.807, 2.05) is 0 Å². The van der Waals surface area contributed by atoms with E-state index in [0.717, 1.165) is 11.3 Å². The lowest BCUT2D eigenvalue weighted by Gasteiger charge is -2.14. The SMILES string of the molecule is Cc1cc(C)c2c(c1C)c1c3c(ccc4c(-c5ccccc5)nn2c43)cc[n+]1C. The van der Waals surface area contributed by atoms with Gasteiger partial charge < -0.3 is 0 Å². The summed E-state index contributed by atoms with van der Waals surface area (Å²) in [5, 5.41) is 10.2. The van der Waals surface area contributed by atoms with Gasteiger partial charge in [0, 0.05) is 17.0 Å². The number of hydrogen-bond acceptors (Lipinski definition) is 1. The van der Waals surface area contributed by atoms with Crippen molar-refractivity contribution in [3.8, 4) is 11.3 Å². The van der Waals surface area contributed by atoms with Crippen LogP contribution in [0.1, 0.15) is 16.7 Å². The van der Waals surface area contributed by atoms with E-state index in [2.05, 4.69) is 97.7 Å². The van der Waals surface area contributed by atoms with Gasteiger partial charge in [-0.05, 0) is 48.9 Å². The van der Waals surface area contributed by atoms with E-state index in [4.69, 9.17) is 5.10 Å². The minimum atomic E-state index is 1.05. The van der Waals surface area contributed by atoms with Gasteiger partial charge in [0.15, 0.2) is 6.20 Å². The van der Waals surface area contributed by atoms with Crippen molar-refractivity contribution < 1.29 is 4.57 Å². The van der Waals surface area contributed by atoms with Crippen LogP contribution < -0.4 is 4.57 Å². The summed E-state index contributed by atoms with van der Waals surface area (Å²) in [6.07, 6.45) is 2.18. The molecule has 0 saturated heterocycles. The molecule has 6 aromatic rings. The van der Waals surface area contributed by atoms with E-state index in [9.17, 15) is 0 Å². The molecule has 29 heavy (non-hydrogen) atoms. The molecule has 0 bridgehead atoms. The predicted molar refractivity (Wildman–Crippen MR) is 120 cm³/mol. The first-order valence-corrected chi connectivity index (χ1v) is 10.1. The normalized spacial score (nSPS) is 12.1. The fourth-order valence-electron chi connectivity index (χ4n) is 4.96. The largest absolute Gasteiger partial charge is 0.230 e. The molecule has 0 aliphatic rings. The van der Waals surface area contributed by atoms with Gasteiger partial charge in [-0.2, -0.15) is 5.10 Å². The Morgan fingerprint density at radius 3 is 2.41 bits per heavy atom. The molecule has 140 valence electrons. The number of aryl methyl sites for hydroxylation is 4. The Hall–Kier alpha value is -3.46. The lowest BCUT2D eigenvalue weighted by atomic mass is 9.95. The average molecular weight is 376 g/mol. The standard InChI is InChI=1S/C26H22N3/c1-15-14-16(2)24-21(17(15)3)26-22-18(12-13-28(26)4)10-11-20-23(27-29(24)25(20)22)19-8-6-5-7-9-19/h5-14H,1-4H3/q+1. The molecular formula is C26H22N3+. The first kappa shape index (κ1) is 16.5. The molecule has 0 atom stereocenters. The highest BCUT2D eigenvalue weighted by Gasteiger charge is 2.25. The molecule has 0 radical (unpaired) electrons. The summed E-state index contributed by atoms with van der Waals surface area (Å²) in [5.41, 5.74) is 9.83. The lowest BCUT2D eigenvalue weighted by Crippen LogP contribution is -2.29. The Labute approximate surface area is 169 Å². The number of benzene rings is 3. The zero-order valence-electron chi connectivity index (χ0n) is 17.1. The Morgan fingerprint density at radius 2 is 1.62 bits per heavy atom. The number of rotatable bonds is 1. The van der Waals surface area contributed by atoms with Crippen LogP contribution >= 0.6 is 0 Å². The van der Waals surface area contributed by atoms with Gasteiger partial charge in [-0.3, -0.25) is 0 Å². The molecule has 0 spiro atoms. The highest BCUT2D eigenvalue weighted by Crippen LogP contribution is 2.40. The lowest BCUT2D eigenvalue weighted by molar-refractivity contribution is -0.643. The van der Waals surface area contributed by atoms with Crippen LogP contribution in [0.15, 0.2) is 60.8 Å². The van der Waals surface area contributed by atoms with Crippen molar-refractivity contribution in [2.75, 3.05) is 0 Å². The predicted octanol–water partition coefficient (Wildman–Crippen LogP) is 5.65. The summed E-state index contributed by atoms with van der Waals surface area (Å²) >= 11 is 0. The quantitative estimate of drug-likeness (QED) is 0.206. The van der Waals surface area contributed by atoms with Crippen molar-refractivity contribution >= 4 is 38.1 Å². The number of aromatic nitrogens is 3. The second-order valence-corrected chi connectivity index (χ2v) is 8.19. The summed E-state index contributed by atoms with van der Waals surface area (Å²) in [5.74, 6) is 0. The van der Waals surface area contributed by atoms with Crippen molar-refractivity contribution in [2.24, 2.45) is 7.05 Å². The Morgan fingerprint density at radius 1 is 0.828 bits per heavy atom. The zero-order valence-corrected chi connectivity index (χ0v) is 17.1. The third kappa shape index (κ3) is 2.02. The zero-order chi connectivity index (χ0) is 19.9. The summed E-state index contributed by atoms with van der Waals surface area (Å²) in [4.78, 5) is 0. The molecule has 3 heterocycles. The molecule has 0 aliphatic carbocycles. The number of pyridine rings is 2. The summed E-state index contributed by atoms with van der Waals surface area (Å²) in [6, 6.07) is 19.5.